The molecular weight excluding hydrogens is 318 g/mol. The number of benzene rings is 1. The molecule has 0 bridgehead atoms. The summed E-state index contributed by atoms with van der Waals surface area (Å²) in [5.74, 6) is 1.16. The van der Waals surface area contributed by atoms with E-state index in [9.17, 15) is 9.59 Å². The summed E-state index contributed by atoms with van der Waals surface area (Å²) in [5.41, 5.74) is 1.51. The van der Waals surface area contributed by atoms with Gasteiger partial charge in [-0.05, 0) is 49.7 Å². The van der Waals surface area contributed by atoms with Crippen LogP contribution in [0.2, 0.25) is 0 Å². The molecule has 0 radical (unpaired) electrons. The lowest BCUT2D eigenvalue weighted by Crippen LogP contribution is -2.18. The number of carbonyl (C=O) groups is 2. The molecule has 132 valence electrons. The van der Waals surface area contributed by atoms with Gasteiger partial charge in [-0.3, -0.25) is 9.59 Å². The Morgan fingerprint density at radius 3 is 2.52 bits per heavy atom. The van der Waals surface area contributed by atoms with Crippen molar-refractivity contribution in [2.24, 2.45) is 0 Å². The van der Waals surface area contributed by atoms with E-state index in [0.717, 1.165) is 5.69 Å². The lowest BCUT2D eigenvalue weighted by molar-refractivity contribution is -0.116. The average molecular weight is 341 g/mol. The lowest BCUT2D eigenvalue weighted by Gasteiger charge is -2.16. The maximum Gasteiger partial charge on any atom is 0.225 e. The third-order valence-electron chi connectivity index (χ3n) is 3.60. The number of anilines is 2. The second kappa shape index (κ2) is 8.82. The van der Waals surface area contributed by atoms with E-state index in [-0.39, 0.29) is 11.7 Å². The van der Waals surface area contributed by atoms with E-state index >= 15 is 0 Å². The van der Waals surface area contributed by atoms with Gasteiger partial charge in [0.25, 0.3) is 0 Å². The van der Waals surface area contributed by atoms with Gasteiger partial charge in [0.2, 0.25) is 5.91 Å². The summed E-state index contributed by atoms with van der Waals surface area (Å²) in [6.45, 7) is 1.95. The van der Waals surface area contributed by atoms with Crippen LogP contribution in [0.15, 0.2) is 42.6 Å². The number of rotatable bonds is 8. The second-order valence-corrected chi connectivity index (χ2v) is 5.85. The molecule has 0 aliphatic carbocycles. The van der Waals surface area contributed by atoms with Crippen LogP contribution in [-0.2, 0) is 4.79 Å². The third-order valence-corrected chi connectivity index (χ3v) is 3.60. The van der Waals surface area contributed by atoms with Gasteiger partial charge in [-0.2, -0.15) is 0 Å². The molecule has 0 saturated carbocycles. The van der Waals surface area contributed by atoms with Crippen molar-refractivity contribution in [3.8, 4) is 5.75 Å². The first-order valence-electron chi connectivity index (χ1n) is 8.13. The first-order chi connectivity index (χ1) is 12.0. The summed E-state index contributed by atoms with van der Waals surface area (Å²) in [5, 5.41) is 2.83. The molecule has 0 spiro atoms. The lowest BCUT2D eigenvalue weighted by atomic mass is 10.1. The van der Waals surface area contributed by atoms with Gasteiger partial charge in [0.05, 0.1) is 12.3 Å². The zero-order valence-electron chi connectivity index (χ0n) is 14.8. The molecule has 0 saturated heterocycles. The first-order valence-corrected chi connectivity index (χ1v) is 8.13. The monoisotopic (exact) mass is 341 g/mol. The minimum atomic E-state index is -0.0997. The fraction of sp³-hybridized carbons (Fsp3) is 0.316. The SMILES string of the molecule is CC(=O)c1ccc(OCCCC(=O)Nc2ncccc2N(C)C)cc1. The van der Waals surface area contributed by atoms with Crippen molar-refractivity contribution >= 4 is 23.2 Å². The number of hydrogen-bond donors (Lipinski definition) is 1. The molecule has 2 aromatic rings. The van der Waals surface area contributed by atoms with Crippen LogP contribution in [0.4, 0.5) is 11.5 Å². The van der Waals surface area contributed by atoms with E-state index < -0.39 is 0 Å². The number of Topliss-reactive ketones (excluding diaryl/α,β-unsaturated/α-hetero) is 1. The van der Waals surface area contributed by atoms with Crippen LogP contribution >= 0.6 is 0 Å². The normalized spacial score (nSPS) is 10.2. The summed E-state index contributed by atoms with van der Waals surface area (Å²) >= 11 is 0. The minimum Gasteiger partial charge on any atom is -0.494 e. The van der Waals surface area contributed by atoms with Crippen LogP contribution in [0.25, 0.3) is 0 Å². The summed E-state index contributed by atoms with van der Waals surface area (Å²) in [7, 11) is 3.80. The van der Waals surface area contributed by atoms with Crippen LogP contribution in [-0.4, -0.2) is 37.4 Å². The van der Waals surface area contributed by atoms with Crippen LogP contribution < -0.4 is 15.0 Å². The predicted molar refractivity (Wildman–Crippen MR) is 98.4 cm³/mol. The van der Waals surface area contributed by atoms with Crippen LogP contribution in [0.5, 0.6) is 5.75 Å². The Morgan fingerprint density at radius 2 is 1.88 bits per heavy atom. The Morgan fingerprint density at radius 1 is 1.16 bits per heavy atom. The molecule has 0 fully saturated rings. The number of carbonyl (C=O) groups excluding carboxylic acids is 2. The zero-order chi connectivity index (χ0) is 18.2. The molecule has 0 aliphatic heterocycles. The third kappa shape index (κ3) is 5.60. The highest BCUT2D eigenvalue weighted by Crippen LogP contribution is 2.20. The van der Waals surface area contributed by atoms with E-state index in [1.54, 1.807) is 30.5 Å². The molecule has 2 rings (SSSR count). The zero-order valence-corrected chi connectivity index (χ0v) is 14.8. The van der Waals surface area contributed by atoms with Gasteiger partial charge in [-0.1, -0.05) is 0 Å². The smallest absolute Gasteiger partial charge is 0.225 e. The van der Waals surface area contributed by atoms with Crippen LogP contribution in [0.1, 0.15) is 30.1 Å². The van der Waals surface area contributed by atoms with Crippen molar-refractivity contribution in [3.05, 3.63) is 48.2 Å². The minimum absolute atomic E-state index is 0.0230. The second-order valence-electron chi connectivity index (χ2n) is 5.85. The summed E-state index contributed by atoms with van der Waals surface area (Å²) in [4.78, 5) is 29.4. The van der Waals surface area contributed by atoms with E-state index in [1.807, 2.05) is 31.1 Å². The maximum atomic E-state index is 12.1. The average Bonchev–Trinajstić information content (AvgIpc) is 2.59. The van der Waals surface area contributed by atoms with Gasteiger partial charge in [0.1, 0.15) is 5.75 Å². The number of ether oxygens (including phenoxy) is 1. The molecular formula is C19H23N3O3. The maximum absolute atomic E-state index is 12.1. The van der Waals surface area contributed by atoms with E-state index in [2.05, 4.69) is 10.3 Å². The molecule has 0 unspecified atom stereocenters. The van der Waals surface area contributed by atoms with Crippen molar-refractivity contribution in [1.29, 1.82) is 0 Å². The highest BCUT2D eigenvalue weighted by atomic mass is 16.5. The number of ketones is 1. The van der Waals surface area contributed by atoms with Gasteiger partial charge in [-0.15, -0.1) is 0 Å². The fourth-order valence-electron chi connectivity index (χ4n) is 2.26. The van der Waals surface area contributed by atoms with Gasteiger partial charge in [-0.25, -0.2) is 4.98 Å². The van der Waals surface area contributed by atoms with Gasteiger partial charge in [0, 0.05) is 32.3 Å². The number of pyridine rings is 1. The number of aromatic nitrogens is 1. The number of nitrogens with zero attached hydrogens (tertiary/aromatic N) is 2. The highest BCUT2D eigenvalue weighted by molar-refractivity contribution is 5.94. The Balaban J connectivity index is 1.76. The molecule has 6 nitrogen and oxygen atoms in total. The van der Waals surface area contributed by atoms with Crippen LogP contribution in [0, 0.1) is 0 Å². The van der Waals surface area contributed by atoms with E-state index in [0.29, 0.717) is 36.6 Å². The fourth-order valence-corrected chi connectivity index (χ4v) is 2.26. The number of amides is 1. The molecule has 25 heavy (non-hydrogen) atoms. The van der Waals surface area contributed by atoms with Crippen molar-refractivity contribution in [3.63, 3.8) is 0 Å². The topological polar surface area (TPSA) is 71.5 Å². The van der Waals surface area contributed by atoms with Gasteiger partial charge < -0.3 is 15.0 Å². The molecule has 6 heteroatoms. The van der Waals surface area contributed by atoms with E-state index in [1.165, 1.54) is 6.92 Å². The van der Waals surface area contributed by atoms with Crippen LogP contribution in [0.3, 0.4) is 0 Å². The summed E-state index contributed by atoms with van der Waals surface area (Å²) in [6, 6.07) is 10.7. The Kier molecular flexibility index (Phi) is 6.51. The predicted octanol–water partition coefficient (Wildman–Crippen LogP) is 3.15. The number of nitrogens with one attached hydrogen (secondary N) is 1. The Bertz CT molecular complexity index is 727. The molecule has 1 heterocycles. The van der Waals surface area contributed by atoms with Gasteiger partial charge in [0.15, 0.2) is 11.6 Å². The van der Waals surface area contributed by atoms with Crippen molar-refractivity contribution in [2.45, 2.75) is 19.8 Å². The van der Waals surface area contributed by atoms with Crippen molar-refractivity contribution in [2.75, 3.05) is 30.9 Å². The Labute approximate surface area is 147 Å². The van der Waals surface area contributed by atoms with Gasteiger partial charge >= 0.3 is 0 Å². The molecule has 1 aromatic carbocycles. The molecule has 1 N–H and O–H groups in total. The summed E-state index contributed by atoms with van der Waals surface area (Å²) < 4.78 is 5.59. The quantitative estimate of drug-likeness (QED) is 0.590. The number of hydrogen-bond acceptors (Lipinski definition) is 5. The molecule has 1 amide bonds. The largest absolute Gasteiger partial charge is 0.494 e. The van der Waals surface area contributed by atoms with Crippen molar-refractivity contribution < 1.29 is 14.3 Å². The first kappa shape index (κ1) is 18.4. The van der Waals surface area contributed by atoms with Crippen molar-refractivity contribution in [1.82, 2.24) is 4.98 Å². The molecule has 0 atom stereocenters. The molecule has 1 aromatic heterocycles. The van der Waals surface area contributed by atoms with E-state index in [4.69, 9.17) is 4.74 Å². The standard InChI is InChI=1S/C19H23N3O3/c1-14(23)15-8-10-16(11-9-15)25-13-5-7-18(24)21-19-17(22(2)3)6-4-12-20-19/h4,6,8-12H,5,7,13H2,1-3H3,(H,20,21,24). The Hall–Kier alpha value is -2.89. The molecule has 0 aliphatic rings. The highest BCUT2D eigenvalue weighted by Gasteiger charge is 2.09. The summed E-state index contributed by atoms with van der Waals surface area (Å²) in [6.07, 6.45) is 2.58.